The highest BCUT2D eigenvalue weighted by Crippen LogP contribution is 2.38. The molecule has 3 fully saturated rings. The van der Waals surface area contributed by atoms with Crippen LogP contribution in [0.3, 0.4) is 0 Å². The predicted octanol–water partition coefficient (Wildman–Crippen LogP) is 6.55. The molecular formula is C26H30FN3OS. The standard InChI is InChI=1S/C26H30FN3OS/c27-19-13-15-21(16-14-19)29-17-7-12-23(29)18-24-25(31)30(22-10-5-2-6-11-22)26(32-24)28-20-8-3-1-4-9-20/h7,12-18,20,22H,1-6,8-11H2. The lowest BCUT2D eigenvalue weighted by atomic mass is 9.94. The Balaban J connectivity index is 1.46. The van der Waals surface area contributed by atoms with Crippen LogP contribution in [0.25, 0.3) is 11.8 Å². The molecule has 4 nitrogen and oxygen atoms in total. The number of nitrogens with zero attached hydrogens (tertiary/aromatic N) is 3. The summed E-state index contributed by atoms with van der Waals surface area (Å²) < 4.78 is 15.4. The Hall–Kier alpha value is -2.34. The van der Waals surface area contributed by atoms with Crippen molar-refractivity contribution in [3.63, 3.8) is 0 Å². The summed E-state index contributed by atoms with van der Waals surface area (Å²) in [6.45, 7) is 0. The van der Waals surface area contributed by atoms with Gasteiger partial charge < -0.3 is 4.57 Å². The number of thioether (sulfide) groups is 1. The Morgan fingerprint density at radius 3 is 2.34 bits per heavy atom. The van der Waals surface area contributed by atoms with E-state index in [0.29, 0.717) is 6.04 Å². The monoisotopic (exact) mass is 451 g/mol. The van der Waals surface area contributed by atoms with Crippen molar-refractivity contribution in [3.8, 4) is 5.69 Å². The van der Waals surface area contributed by atoms with Gasteiger partial charge in [0.05, 0.1) is 10.9 Å². The van der Waals surface area contributed by atoms with Crippen LogP contribution in [0.5, 0.6) is 0 Å². The second-order valence-electron chi connectivity index (χ2n) is 9.06. The molecule has 0 bridgehead atoms. The van der Waals surface area contributed by atoms with Gasteiger partial charge in [-0.15, -0.1) is 0 Å². The average Bonchev–Trinajstić information content (AvgIpc) is 3.40. The van der Waals surface area contributed by atoms with Crippen molar-refractivity contribution in [2.75, 3.05) is 0 Å². The van der Waals surface area contributed by atoms with Crippen LogP contribution in [0.2, 0.25) is 0 Å². The van der Waals surface area contributed by atoms with Gasteiger partial charge in [0.25, 0.3) is 5.91 Å². The topological polar surface area (TPSA) is 37.6 Å². The molecule has 5 rings (SSSR count). The summed E-state index contributed by atoms with van der Waals surface area (Å²) in [6, 6.07) is 11.0. The molecule has 32 heavy (non-hydrogen) atoms. The molecule has 168 valence electrons. The largest absolute Gasteiger partial charge is 0.317 e. The quantitative estimate of drug-likeness (QED) is 0.494. The molecule has 2 aromatic rings. The van der Waals surface area contributed by atoms with Crippen LogP contribution in [0.4, 0.5) is 4.39 Å². The Morgan fingerprint density at radius 1 is 0.938 bits per heavy atom. The molecule has 2 saturated carbocycles. The summed E-state index contributed by atoms with van der Waals surface area (Å²) in [5.41, 5.74) is 1.79. The van der Waals surface area contributed by atoms with Gasteiger partial charge >= 0.3 is 0 Å². The van der Waals surface area contributed by atoms with E-state index in [2.05, 4.69) is 0 Å². The first kappa shape index (κ1) is 21.5. The second kappa shape index (κ2) is 9.65. The van der Waals surface area contributed by atoms with Gasteiger partial charge in [0.2, 0.25) is 0 Å². The highest BCUT2D eigenvalue weighted by atomic mass is 32.2. The zero-order valence-electron chi connectivity index (χ0n) is 18.4. The summed E-state index contributed by atoms with van der Waals surface area (Å²) in [5.74, 6) is -0.169. The van der Waals surface area contributed by atoms with E-state index in [0.717, 1.165) is 47.1 Å². The van der Waals surface area contributed by atoms with Crippen molar-refractivity contribution in [1.82, 2.24) is 9.47 Å². The number of hydrogen-bond acceptors (Lipinski definition) is 3. The number of carbonyl (C=O) groups is 1. The van der Waals surface area contributed by atoms with Crippen LogP contribution in [-0.2, 0) is 4.79 Å². The third kappa shape index (κ3) is 4.56. The maximum absolute atomic E-state index is 13.6. The van der Waals surface area contributed by atoms with E-state index in [1.54, 1.807) is 12.1 Å². The number of aliphatic imine (C=N–C) groups is 1. The molecule has 1 aliphatic heterocycles. The molecule has 2 aliphatic carbocycles. The first-order chi connectivity index (χ1) is 15.7. The highest BCUT2D eigenvalue weighted by molar-refractivity contribution is 8.18. The summed E-state index contributed by atoms with van der Waals surface area (Å²) in [7, 11) is 0. The Bertz CT molecular complexity index is 1010. The summed E-state index contributed by atoms with van der Waals surface area (Å²) in [4.78, 5) is 21.4. The molecule has 1 aromatic carbocycles. The van der Waals surface area contributed by atoms with Crippen molar-refractivity contribution in [1.29, 1.82) is 0 Å². The number of benzene rings is 1. The van der Waals surface area contributed by atoms with Crippen LogP contribution in [0, 0.1) is 5.82 Å². The van der Waals surface area contributed by atoms with E-state index >= 15 is 0 Å². The third-order valence-electron chi connectivity index (χ3n) is 6.81. The van der Waals surface area contributed by atoms with Crippen molar-refractivity contribution in [3.05, 3.63) is 59.0 Å². The van der Waals surface area contributed by atoms with Gasteiger partial charge in [-0.05, 0) is 79.9 Å². The molecule has 3 aliphatic rings. The Kier molecular flexibility index (Phi) is 6.49. The van der Waals surface area contributed by atoms with Crippen LogP contribution in [-0.4, -0.2) is 32.6 Å². The average molecular weight is 452 g/mol. The molecule has 6 heteroatoms. The van der Waals surface area contributed by atoms with Gasteiger partial charge in [-0.1, -0.05) is 38.5 Å². The first-order valence-electron chi connectivity index (χ1n) is 11.9. The number of rotatable bonds is 4. The zero-order chi connectivity index (χ0) is 21.9. The molecular weight excluding hydrogens is 421 g/mol. The molecule has 0 radical (unpaired) electrons. The maximum atomic E-state index is 13.6. The van der Waals surface area contributed by atoms with Gasteiger partial charge in [0.1, 0.15) is 5.82 Å². The van der Waals surface area contributed by atoms with Crippen LogP contribution >= 0.6 is 11.8 Å². The molecule has 2 heterocycles. The molecule has 0 unspecified atom stereocenters. The molecule has 1 saturated heterocycles. The van der Waals surface area contributed by atoms with E-state index in [-0.39, 0.29) is 17.8 Å². The molecule has 0 atom stereocenters. The minimum absolute atomic E-state index is 0.0864. The van der Waals surface area contributed by atoms with Crippen molar-refractivity contribution in [2.24, 2.45) is 4.99 Å². The van der Waals surface area contributed by atoms with Gasteiger partial charge in [-0.3, -0.25) is 14.7 Å². The predicted molar refractivity (Wildman–Crippen MR) is 129 cm³/mol. The fourth-order valence-electron chi connectivity index (χ4n) is 5.09. The third-order valence-corrected chi connectivity index (χ3v) is 7.81. The molecule has 1 aromatic heterocycles. The maximum Gasteiger partial charge on any atom is 0.267 e. The van der Waals surface area contributed by atoms with E-state index in [9.17, 15) is 9.18 Å². The van der Waals surface area contributed by atoms with E-state index in [4.69, 9.17) is 4.99 Å². The molecule has 0 spiro atoms. The Labute approximate surface area is 193 Å². The van der Waals surface area contributed by atoms with E-state index in [1.165, 1.54) is 62.4 Å². The number of aromatic nitrogens is 1. The molecule has 0 N–H and O–H groups in total. The summed E-state index contributed by atoms with van der Waals surface area (Å²) in [6.07, 6.45) is 15.7. The zero-order valence-corrected chi connectivity index (χ0v) is 19.2. The highest BCUT2D eigenvalue weighted by Gasteiger charge is 2.39. The van der Waals surface area contributed by atoms with Gasteiger partial charge in [0.15, 0.2) is 5.17 Å². The van der Waals surface area contributed by atoms with Gasteiger partial charge in [-0.2, -0.15) is 0 Å². The number of amidine groups is 1. The van der Waals surface area contributed by atoms with E-state index < -0.39 is 0 Å². The molecule has 1 amide bonds. The smallest absolute Gasteiger partial charge is 0.267 e. The lowest BCUT2D eigenvalue weighted by molar-refractivity contribution is -0.124. The fourth-order valence-corrected chi connectivity index (χ4v) is 6.18. The SMILES string of the molecule is O=C1C(=Cc2cccn2-c2ccc(F)cc2)SC(=NC2CCCCC2)N1C1CCCCC1. The number of carbonyl (C=O) groups excluding carboxylic acids is 1. The van der Waals surface area contributed by atoms with Crippen LogP contribution in [0.1, 0.15) is 69.9 Å². The first-order valence-corrected chi connectivity index (χ1v) is 12.7. The minimum Gasteiger partial charge on any atom is -0.317 e. The minimum atomic E-state index is -0.256. The fraction of sp³-hybridized carbons (Fsp3) is 0.462. The lowest BCUT2D eigenvalue weighted by Crippen LogP contribution is -2.41. The second-order valence-corrected chi connectivity index (χ2v) is 10.1. The van der Waals surface area contributed by atoms with Gasteiger partial charge in [0, 0.05) is 23.6 Å². The van der Waals surface area contributed by atoms with Crippen molar-refractivity contribution in [2.45, 2.75) is 76.3 Å². The normalized spacial score (nSPS) is 23.5. The van der Waals surface area contributed by atoms with Crippen LogP contribution in [0.15, 0.2) is 52.5 Å². The van der Waals surface area contributed by atoms with Gasteiger partial charge in [-0.25, -0.2) is 4.39 Å². The number of amides is 1. The van der Waals surface area contributed by atoms with Crippen molar-refractivity contribution >= 4 is 28.9 Å². The van der Waals surface area contributed by atoms with Crippen LogP contribution < -0.4 is 0 Å². The Morgan fingerprint density at radius 2 is 1.62 bits per heavy atom. The summed E-state index contributed by atoms with van der Waals surface area (Å²) >= 11 is 1.53. The lowest BCUT2D eigenvalue weighted by Gasteiger charge is -2.31. The summed E-state index contributed by atoms with van der Waals surface area (Å²) in [5, 5.41) is 0.903. The number of halogens is 1. The van der Waals surface area contributed by atoms with Crippen molar-refractivity contribution < 1.29 is 9.18 Å². The number of hydrogen-bond donors (Lipinski definition) is 0. The van der Waals surface area contributed by atoms with E-state index in [1.807, 2.05) is 33.9 Å².